The molecule has 0 saturated carbocycles. The predicted octanol–water partition coefficient (Wildman–Crippen LogP) is -0.230. The number of sulfonamides is 1. The van der Waals surface area contributed by atoms with Gasteiger partial charge in [-0.05, 0) is 11.1 Å². The van der Waals surface area contributed by atoms with E-state index in [4.69, 9.17) is 5.14 Å². The molecule has 0 spiro atoms. The van der Waals surface area contributed by atoms with Crippen LogP contribution in [0.4, 0.5) is 0 Å². The fraction of sp³-hybridized carbons (Fsp3) is 0.364. The normalized spacial score (nSPS) is 12.3. The summed E-state index contributed by atoms with van der Waals surface area (Å²) in [6, 6.07) is 7.22. The third-order valence-corrected chi connectivity index (χ3v) is 3.05. The van der Waals surface area contributed by atoms with Gasteiger partial charge in [-0.1, -0.05) is 24.3 Å². The van der Waals surface area contributed by atoms with Crippen LogP contribution in [0, 0.1) is 0 Å². The molecule has 0 radical (unpaired) electrons. The van der Waals surface area contributed by atoms with Crippen LogP contribution in [-0.4, -0.2) is 28.5 Å². The average molecular weight is 270 g/mol. The first-order valence-electron chi connectivity index (χ1n) is 5.41. The fourth-order valence-electron chi connectivity index (χ4n) is 1.45. The van der Waals surface area contributed by atoms with E-state index in [0.717, 1.165) is 5.56 Å². The largest absolute Gasteiger partial charge is 0.359 e. The molecule has 100 valence electrons. The molecule has 1 rings (SSSR count). The zero-order valence-corrected chi connectivity index (χ0v) is 11.3. The lowest BCUT2D eigenvalue weighted by molar-refractivity contribution is 0.597. The Bertz CT molecular complexity index is 508. The standard InChI is InChI=1S/C11H18N4O2S/c1-13-11(14-2)15-7-9-3-5-10(6-4-9)8-18(12,16)17/h3-6H,7-8H2,1-2H3,(H2,12,16,17)(H2,13,14,15). The van der Waals surface area contributed by atoms with E-state index >= 15 is 0 Å². The van der Waals surface area contributed by atoms with Crippen molar-refractivity contribution in [3.05, 3.63) is 35.4 Å². The van der Waals surface area contributed by atoms with E-state index in [-0.39, 0.29) is 5.75 Å². The third-order valence-electron chi connectivity index (χ3n) is 2.31. The number of aliphatic imine (C=N–C) groups is 1. The highest BCUT2D eigenvalue weighted by Gasteiger charge is 2.04. The Balaban J connectivity index is 2.61. The van der Waals surface area contributed by atoms with E-state index in [1.807, 2.05) is 12.1 Å². The third kappa shape index (κ3) is 5.15. The Kier molecular flexibility index (Phi) is 5.11. The summed E-state index contributed by atoms with van der Waals surface area (Å²) < 4.78 is 21.8. The molecule has 7 heteroatoms. The summed E-state index contributed by atoms with van der Waals surface area (Å²) in [5, 5.41) is 11.0. The van der Waals surface area contributed by atoms with E-state index in [9.17, 15) is 8.42 Å². The molecular weight excluding hydrogens is 252 g/mol. The van der Waals surface area contributed by atoms with Crippen LogP contribution in [-0.2, 0) is 22.3 Å². The zero-order chi connectivity index (χ0) is 13.6. The highest BCUT2D eigenvalue weighted by atomic mass is 32.2. The summed E-state index contributed by atoms with van der Waals surface area (Å²) in [7, 11) is 0.00242. The molecule has 0 unspecified atom stereocenters. The summed E-state index contributed by atoms with van der Waals surface area (Å²) in [5.41, 5.74) is 1.71. The van der Waals surface area contributed by atoms with Gasteiger partial charge in [-0.15, -0.1) is 0 Å². The van der Waals surface area contributed by atoms with E-state index in [0.29, 0.717) is 18.1 Å². The molecule has 0 aliphatic carbocycles. The highest BCUT2D eigenvalue weighted by molar-refractivity contribution is 7.88. The van der Waals surface area contributed by atoms with Gasteiger partial charge in [0.1, 0.15) is 0 Å². The molecule has 0 saturated heterocycles. The molecule has 0 aliphatic rings. The molecule has 4 N–H and O–H groups in total. The number of nitrogens with zero attached hydrogens (tertiary/aromatic N) is 1. The van der Waals surface area contributed by atoms with Crippen LogP contribution in [0.2, 0.25) is 0 Å². The second kappa shape index (κ2) is 6.36. The first-order valence-corrected chi connectivity index (χ1v) is 7.13. The Morgan fingerprint density at radius 2 is 1.83 bits per heavy atom. The number of nitrogens with two attached hydrogens (primary N) is 1. The van der Waals surface area contributed by atoms with Crippen molar-refractivity contribution in [2.24, 2.45) is 10.1 Å². The van der Waals surface area contributed by atoms with E-state index in [2.05, 4.69) is 15.6 Å². The smallest absolute Gasteiger partial charge is 0.213 e. The van der Waals surface area contributed by atoms with Crippen LogP contribution < -0.4 is 15.8 Å². The number of primary sulfonamides is 1. The van der Waals surface area contributed by atoms with Crippen LogP contribution in [0.5, 0.6) is 0 Å². The van der Waals surface area contributed by atoms with Gasteiger partial charge in [0.25, 0.3) is 0 Å². The van der Waals surface area contributed by atoms with Gasteiger partial charge in [-0.2, -0.15) is 0 Å². The second-order valence-corrected chi connectivity index (χ2v) is 5.41. The molecule has 0 bridgehead atoms. The molecule has 1 aromatic rings. The van der Waals surface area contributed by atoms with Crippen molar-refractivity contribution in [3.8, 4) is 0 Å². The molecule has 0 aliphatic heterocycles. The maximum atomic E-state index is 10.9. The van der Waals surface area contributed by atoms with Crippen LogP contribution in [0.1, 0.15) is 11.1 Å². The number of benzene rings is 1. The Morgan fingerprint density at radius 1 is 1.28 bits per heavy atom. The minimum Gasteiger partial charge on any atom is -0.359 e. The van der Waals surface area contributed by atoms with Gasteiger partial charge in [0.15, 0.2) is 5.96 Å². The highest BCUT2D eigenvalue weighted by Crippen LogP contribution is 2.06. The molecule has 0 fully saturated rings. The van der Waals surface area contributed by atoms with Gasteiger partial charge >= 0.3 is 0 Å². The number of hydrogen-bond acceptors (Lipinski definition) is 3. The zero-order valence-electron chi connectivity index (χ0n) is 10.5. The monoisotopic (exact) mass is 270 g/mol. The Hall–Kier alpha value is -1.60. The van der Waals surface area contributed by atoms with Crippen molar-refractivity contribution in [3.63, 3.8) is 0 Å². The molecule has 18 heavy (non-hydrogen) atoms. The van der Waals surface area contributed by atoms with Crippen molar-refractivity contribution in [1.82, 2.24) is 10.6 Å². The average Bonchev–Trinajstić information content (AvgIpc) is 2.30. The van der Waals surface area contributed by atoms with Gasteiger partial charge in [0.2, 0.25) is 10.0 Å². The van der Waals surface area contributed by atoms with Crippen LogP contribution >= 0.6 is 0 Å². The van der Waals surface area contributed by atoms with E-state index in [1.54, 1.807) is 26.2 Å². The maximum Gasteiger partial charge on any atom is 0.213 e. The Labute approximate surface area is 107 Å². The molecule has 6 nitrogen and oxygen atoms in total. The van der Waals surface area contributed by atoms with Gasteiger partial charge in [-0.25, -0.2) is 13.6 Å². The molecule has 0 aromatic heterocycles. The minimum atomic E-state index is -3.47. The number of nitrogens with one attached hydrogen (secondary N) is 2. The van der Waals surface area contributed by atoms with Gasteiger partial charge in [0, 0.05) is 20.6 Å². The fourth-order valence-corrected chi connectivity index (χ4v) is 2.11. The van der Waals surface area contributed by atoms with Gasteiger partial charge < -0.3 is 10.6 Å². The van der Waals surface area contributed by atoms with Crippen molar-refractivity contribution >= 4 is 16.0 Å². The summed E-state index contributed by atoms with van der Waals surface area (Å²) in [4.78, 5) is 3.99. The topological polar surface area (TPSA) is 96.6 Å². The lowest BCUT2D eigenvalue weighted by Gasteiger charge is -2.08. The summed E-state index contributed by atoms with van der Waals surface area (Å²) in [6.45, 7) is 0.614. The molecule has 0 heterocycles. The lowest BCUT2D eigenvalue weighted by atomic mass is 10.1. The van der Waals surface area contributed by atoms with Crippen molar-refractivity contribution in [2.45, 2.75) is 12.3 Å². The van der Waals surface area contributed by atoms with Crippen molar-refractivity contribution in [2.75, 3.05) is 14.1 Å². The quantitative estimate of drug-likeness (QED) is 0.520. The van der Waals surface area contributed by atoms with Crippen molar-refractivity contribution < 1.29 is 8.42 Å². The number of guanidine groups is 1. The predicted molar refractivity (Wildman–Crippen MR) is 72.5 cm³/mol. The molecule has 0 amide bonds. The second-order valence-electron chi connectivity index (χ2n) is 3.80. The minimum absolute atomic E-state index is 0.140. The summed E-state index contributed by atoms with van der Waals surface area (Å²) >= 11 is 0. The SMILES string of the molecule is CN=C(NC)NCc1ccc(CS(N)(=O)=O)cc1. The summed E-state index contributed by atoms with van der Waals surface area (Å²) in [6.07, 6.45) is 0. The van der Waals surface area contributed by atoms with Crippen molar-refractivity contribution in [1.29, 1.82) is 0 Å². The number of hydrogen-bond donors (Lipinski definition) is 3. The van der Waals surface area contributed by atoms with Gasteiger partial charge in [-0.3, -0.25) is 4.99 Å². The van der Waals surface area contributed by atoms with Crippen LogP contribution in [0.25, 0.3) is 0 Å². The first-order chi connectivity index (χ1) is 8.44. The first kappa shape index (κ1) is 14.5. The van der Waals surface area contributed by atoms with E-state index < -0.39 is 10.0 Å². The van der Waals surface area contributed by atoms with Gasteiger partial charge in [0.05, 0.1) is 5.75 Å². The van der Waals surface area contributed by atoms with Crippen LogP contribution in [0.15, 0.2) is 29.3 Å². The molecule has 1 aromatic carbocycles. The van der Waals surface area contributed by atoms with E-state index in [1.165, 1.54) is 0 Å². The van der Waals surface area contributed by atoms with Crippen LogP contribution in [0.3, 0.4) is 0 Å². The number of rotatable bonds is 4. The summed E-state index contributed by atoms with van der Waals surface area (Å²) in [5.74, 6) is 0.558. The molecule has 0 atom stereocenters. The Morgan fingerprint density at radius 3 is 2.28 bits per heavy atom. The lowest BCUT2D eigenvalue weighted by Crippen LogP contribution is -2.34. The maximum absolute atomic E-state index is 10.9. The molecular formula is C11H18N4O2S.